The molecule has 1 aromatic heterocycles. The molecule has 2 amide bonds. The third kappa shape index (κ3) is 4.59. The number of halogens is 4. The Morgan fingerprint density at radius 2 is 2.14 bits per heavy atom. The quantitative estimate of drug-likeness (QED) is 0.335. The van der Waals surface area contributed by atoms with Gasteiger partial charge in [0.2, 0.25) is 15.6 Å². The summed E-state index contributed by atoms with van der Waals surface area (Å²) in [6.07, 6.45) is 0.212. The lowest BCUT2D eigenvalue weighted by Gasteiger charge is -2.44. The van der Waals surface area contributed by atoms with Gasteiger partial charge in [-0.05, 0) is 18.4 Å². The van der Waals surface area contributed by atoms with Gasteiger partial charge < -0.3 is 15.0 Å². The van der Waals surface area contributed by atoms with E-state index in [0.29, 0.717) is 5.33 Å². The van der Waals surface area contributed by atoms with Crippen LogP contribution < -0.4 is 5.32 Å². The highest BCUT2D eigenvalue weighted by molar-refractivity contribution is 9.09. The molecule has 0 radical (unpaired) electrons. The number of carbonyl (C=O) groups excluding carboxylic acids is 3. The van der Waals surface area contributed by atoms with Gasteiger partial charge in [0.25, 0.3) is 0 Å². The number of amides is 2. The molecule has 1 N–H and O–H groups in total. The molecule has 0 aromatic carbocycles. The number of fused-ring (bicyclic) bond motifs is 1. The predicted molar refractivity (Wildman–Crippen MR) is 115 cm³/mol. The van der Waals surface area contributed by atoms with Crippen molar-refractivity contribution in [2.75, 3.05) is 11.9 Å². The minimum absolute atomic E-state index is 0.212. The Labute approximate surface area is 193 Å². The number of alkyl halides is 4. The number of thioether (sulfide) groups is 1. The summed E-state index contributed by atoms with van der Waals surface area (Å²) < 4.78 is 2.75. The summed E-state index contributed by atoms with van der Waals surface area (Å²) in [6, 6.07) is 2.21. The summed E-state index contributed by atoms with van der Waals surface area (Å²) in [4.78, 5) is 40.0. The highest BCUT2D eigenvalue weighted by Crippen LogP contribution is 2.52. The Balaban J connectivity index is 1.68. The summed E-state index contributed by atoms with van der Waals surface area (Å²) in [6.45, 7) is 1.44. The maximum Gasteiger partial charge on any atom is 0.330 e. The normalized spacial score (nSPS) is 29.2. The number of nitrogens with one attached hydrogen (secondary N) is 1. The SMILES string of the molecule is CC1(CBr)S[C@@H]2C(NC(=O)Cc3cccs3)C(=O)N2C1C(=O)OCC(Cl)(Cl)Cl. The molecule has 2 aliphatic rings. The predicted octanol–water partition coefficient (Wildman–Crippen LogP) is 3.13. The Bertz CT molecular complexity index is 776. The van der Waals surface area contributed by atoms with Gasteiger partial charge in [0.1, 0.15) is 24.1 Å². The molecule has 0 aliphatic carbocycles. The van der Waals surface area contributed by atoms with Gasteiger partial charge in [-0.3, -0.25) is 9.59 Å². The van der Waals surface area contributed by atoms with Crippen molar-refractivity contribution in [3.8, 4) is 0 Å². The Hall–Kier alpha value is -0.190. The zero-order chi connectivity index (χ0) is 20.7. The molecule has 2 aliphatic heterocycles. The second-order valence-electron chi connectivity index (χ2n) is 6.63. The molecule has 154 valence electrons. The van der Waals surface area contributed by atoms with E-state index < -0.39 is 33.2 Å². The summed E-state index contributed by atoms with van der Waals surface area (Å²) in [5.74, 6) is -1.19. The van der Waals surface area contributed by atoms with E-state index >= 15 is 0 Å². The first-order valence-electron chi connectivity index (χ1n) is 8.17. The van der Waals surface area contributed by atoms with Gasteiger partial charge in [-0.2, -0.15) is 0 Å². The molecule has 0 spiro atoms. The Morgan fingerprint density at radius 1 is 1.43 bits per heavy atom. The molecule has 1 aromatic rings. The first-order chi connectivity index (χ1) is 13.1. The third-order valence-electron chi connectivity index (χ3n) is 4.42. The van der Waals surface area contributed by atoms with Gasteiger partial charge in [0, 0.05) is 10.2 Å². The van der Waals surface area contributed by atoms with Gasteiger partial charge >= 0.3 is 5.97 Å². The van der Waals surface area contributed by atoms with Gasteiger partial charge in [0.05, 0.1) is 11.2 Å². The lowest BCUT2D eigenvalue weighted by Crippen LogP contribution is -2.71. The van der Waals surface area contributed by atoms with Gasteiger partial charge in [0.15, 0.2) is 0 Å². The highest BCUT2D eigenvalue weighted by Gasteiger charge is 2.65. The van der Waals surface area contributed by atoms with E-state index in [4.69, 9.17) is 39.5 Å². The number of carbonyl (C=O) groups is 3. The van der Waals surface area contributed by atoms with Gasteiger partial charge in [-0.15, -0.1) is 23.1 Å². The second kappa shape index (κ2) is 8.51. The van der Waals surface area contributed by atoms with Crippen molar-refractivity contribution in [2.45, 2.75) is 39.3 Å². The molecule has 6 nitrogen and oxygen atoms in total. The minimum atomic E-state index is -1.73. The summed E-state index contributed by atoms with van der Waals surface area (Å²) in [7, 11) is 0. The topological polar surface area (TPSA) is 75.7 Å². The molecule has 0 bridgehead atoms. The maximum absolute atomic E-state index is 12.7. The van der Waals surface area contributed by atoms with Crippen molar-refractivity contribution in [3.63, 3.8) is 0 Å². The zero-order valence-corrected chi connectivity index (χ0v) is 20.0. The fourth-order valence-corrected chi connectivity index (χ4v) is 6.33. The van der Waals surface area contributed by atoms with Crippen LogP contribution in [0.3, 0.4) is 0 Å². The number of hydrogen-bond donors (Lipinski definition) is 1. The van der Waals surface area contributed by atoms with Crippen LogP contribution in [0, 0.1) is 0 Å². The second-order valence-corrected chi connectivity index (χ2v) is 12.4. The van der Waals surface area contributed by atoms with Crippen LogP contribution in [0.4, 0.5) is 0 Å². The molecule has 4 atom stereocenters. The van der Waals surface area contributed by atoms with Crippen molar-refractivity contribution >= 4 is 91.6 Å². The average molecular weight is 551 g/mol. The molecule has 3 unspecified atom stereocenters. The smallest absolute Gasteiger partial charge is 0.330 e. The van der Waals surface area contributed by atoms with Gasteiger partial charge in [-0.1, -0.05) is 56.8 Å². The molecule has 3 rings (SSSR count). The third-order valence-corrected chi connectivity index (χ3v) is 8.81. The summed E-state index contributed by atoms with van der Waals surface area (Å²) in [5, 5.41) is 4.75. The number of β-lactam (4-membered cyclic amide) rings is 1. The van der Waals surface area contributed by atoms with Crippen molar-refractivity contribution in [1.82, 2.24) is 10.2 Å². The number of ether oxygens (including phenoxy) is 1. The van der Waals surface area contributed by atoms with E-state index in [9.17, 15) is 14.4 Å². The molecule has 3 heterocycles. The molecule has 28 heavy (non-hydrogen) atoms. The molecular weight excluding hydrogens is 535 g/mol. The van der Waals surface area contributed by atoms with Crippen LogP contribution in [-0.4, -0.2) is 60.6 Å². The van der Waals surface area contributed by atoms with E-state index in [1.54, 1.807) is 0 Å². The fourth-order valence-electron chi connectivity index (χ4n) is 3.15. The average Bonchev–Trinajstić information content (AvgIpc) is 3.22. The number of thiophene rings is 1. The highest BCUT2D eigenvalue weighted by atomic mass is 79.9. The lowest BCUT2D eigenvalue weighted by atomic mass is 9.96. The van der Waals surface area contributed by atoms with Crippen molar-refractivity contribution in [1.29, 1.82) is 0 Å². The van der Waals surface area contributed by atoms with E-state index in [1.807, 2.05) is 24.4 Å². The van der Waals surface area contributed by atoms with E-state index in [1.165, 1.54) is 28.0 Å². The van der Waals surface area contributed by atoms with Gasteiger partial charge in [-0.25, -0.2) is 4.79 Å². The molecule has 2 fully saturated rings. The monoisotopic (exact) mass is 548 g/mol. The minimum Gasteiger partial charge on any atom is -0.460 e. The van der Waals surface area contributed by atoms with Crippen molar-refractivity contribution in [3.05, 3.63) is 22.4 Å². The summed E-state index contributed by atoms with van der Waals surface area (Å²) in [5.41, 5.74) is 0. The largest absolute Gasteiger partial charge is 0.460 e. The maximum atomic E-state index is 12.7. The Morgan fingerprint density at radius 3 is 2.71 bits per heavy atom. The van der Waals surface area contributed by atoms with Crippen LogP contribution in [0.15, 0.2) is 17.5 Å². The lowest BCUT2D eigenvalue weighted by molar-refractivity contribution is -0.164. The van der Waals surface area contributed by atoms with Crippen LogP contribution in [0.1, 0.15) is 11.8 Å². The van der Waals surface area contributed by atoms with E-state index in [-0.39, 0.29) is 23.6 Å². The number of rotatable bonds is 6. The van der Waals surface area contributed by atoms with Crippen molar-refractivity contribution < 1.29 is 19.1 Å². The van der Waals surface area contributed by atoms with E-state index in [2.05, 4.69) is 21.2 Å². The standard InChI is InChI=1S/C16H16BrCl3N2O4S2/c1-15(6-17)11(14(25)26-7-16(18,19)20)22-12(24)10(13(22)28-15)21-9(23)5-8-3-2-4-27-8/h2-4,10-11,13H,5-7H2,1H3,(H,21,23)/t10?,11?,13-,15?/m1/s1. The first-order valence-corrected chi connectivity index (χ1v) is 12.2. The van der Waals surface area contributed by atoms with Crippen LogP contribution in [0.2, 0.25) is 0 Å². The molecule has 12 heteroatoms. The van der Waals surface area contributed by atoms with Crippen LogP contribution in [-0.2, 0) is 25.5 Å². The first kappa shape index (κ1) is 22.5. The van der Waals surface area contributed by atoms with Crippen LogP contribution in [0.25, 0.3) is 0 Å². The molecule has 0 saturated carbocycles. The number of esters is 1. The molecular formula is C16H16BrCl3N2O4S2. The Kier molecular flexibility index (Phi) is 6.84. The summed E-state index contributed by atoms with van der Waals surface area (Å²) >= 11 is 23.3. The molecule has 2 saturated heterocycles. The van der Waals surface area contributed by atoms with Crippen LogP contribution >= 0.6 is 73.8 Å². The van der Waals surface area contributed by atoms with Crippen molar-refractivity contribution in [2.24, 2.45) is 0 Å². The number of hydrogen-bond acceptors (Lipinski definition) is 6. The fraction of sp³-hybridized carbons (Fsp3) is 0.562. The van der Waals surface area contributed by atoms with Crippen LogP contribution in [0.5, 0.6) is 0 Å². The number of nitrogens with zero attached hydrogens (tertiary/aromatic N) is 1. The van der Waals surface area contributed by atoms with E-state index in [0.717, 1.165) is 4.88 Å². The zero-order valence-electron chi connectivity index (χ0n) is 14.5.